The highest BCUT2D eigenvalue weighted by molar-refractivity contribution is 5.81. The lowest BCUT2D eigenvalue weighted by Gasteiger charge is -2.27. The van der Waals surface area contributed by atoms with Gasteiger partial charge in [0.1, 0.15) is 0 Å². The van der Waals surface area contributed by atoms with Gasteiger partial charge >= 0.3 is 5.97 Å². The first-order valence-electron chi connectivity index (χ1n) is 8.18. The Kier molecular flexibility index (Phi) is 4.19. The Morgan fingerprint density at radius 3 is 2.55 bits per heavy atom. The normalized spacial score (nSPS) is 30.6. The van der Waals surface area contributed by atoms with Crippen LogP contribution in [0, 0.1) is 11.8 Å². The zero-order chi connectivity index (χ0) is 15.7. The van der Waals surface area contributed by atoms with Crippen LogP contribution in [-0.4, -0.2) is 17.0 Å². The third-order valence-corrected chi connectivity index (χ3v) is 5.14. The van der Waals surface area contributed by atoms with Gasteiger partial charge < -0.3 is 10.4 Å². The molecule has 2 aliphatic rings. The number of carboxylic acid groups (broad SMARTS) is 1. The Morgan fingerprint density at radius 1 is 1.14 bits per heavy atom. The van der Waals surface area contributed by atoms with E-state index in [1.165, 1.54) is 6.42 Å². The second kappa shape index (κ2) is 6.11. The molecule has 1 aromatic rings. The molecule has 1 saturated carbocycles. The highest BCUT2D eigenvalue weighted by Crippen LogP contribution is 2.40. The van der Waals surface area contributed by atoms with Crippen LogP contribution in [0.4, 0.5) is 0 Å². The molecule has 4 atom stereocenters. The standard InChI is InChI=1S/C18H23NO3/c1-11-5-4-6-12(9-11)17(20)19-16-10-15(18(21)22)13-7-2-3-8-14(13)16/h2-3,7-8,11-12,15-16H,4-6,9-10H2,1H3,(H,19,20)(H,21,22). The van der Waals surface area contributed by atoms with Crippen LogP contribution in [0.1, 0.15) is 62.1 Å². The Hall–Kier alpha value is -1.84. The molecular weight excluding hydrogens is 278 g/mol. The molecule has 2 N–H and O–H groups in total. The third kappa shape index (κ3) is 2.87. The van der Waals surface area contributed by atoms with Crippen LogP contribution in [0.2, 0.25) is 0 Å². The van der Waals surface area contributed by atoms with E-state index >= 15 is 0 Å². The van der Waals surface area contributed by atoms with E-state index in [4.69, 9.17) is 0 Å². The monoisotopic (exact) mass is 301 g/mol. The van der Waals surface area contributed by atoms with E-state index in [-0.39, 0.29) is 17.9 Å². The number of carboxylic acids is 1. The van der Waals surface area contributed by atoms with E-state index in [2.05, 4.69) is 12.2 Å². The average Bonchev–Trinajstić information content (AvgIpc) is 2.86. The van der Waals surface area contributed by atoms with Crippen molar-refractivity contribution >= 4 is 11.9 Å². The van der Waals surface area contributed by atoms with E-state index < -0.39 is 11.9 Å². The van der Waals surface area contributed by atoms with Crippen LogP contribution in [0.5, 0.6) is 0 Å². The molecule has 0 aromatic heterocycles. The summed E-state index contributed by atoms with van der Waals surface area (Å²) in [6, 6.07) is 7.41. The first-order valence-corrected chi connectivity index (χ1v) is 8.18. The van der Waals surface area contributed by atoms with Gasteiger partial charge in [0, 0.05) is 5.92 Å². The summed E-state index contributed by atoms with van der Waals surface area (Å²) in [6.45, 7) is 2.20. The van der Waals surface area contributed by atoms with Crippen LogP contribution in [0.25, 0.3) is 0 Å². The minimum atomic E-state index is -0.810. The summed E-state index contributed by atoms with van der Waals surface area (Å²) in [5, 5.41) is 12.5. The zero-order valence-electron chi connectivity index (χ0n) is 12.9. The van der Waals surface area contributed by atoms with Crippen molar-refractivity contribution in [2.45, 2.75) is 51.0 Å². The lowest BCUT2D eigenvalue weighted by molar-refractivity contribution is -0.139. The molecule has 22 heavy (non-hydrogen) atoms. The largest absolute Gasteiger partial charge is 0.481 e. The lowest BCUT2D eigenvalue weighted by atomic mass is 9.82. The van der Waals surface area contributed by atoms with Crippen molar-refractivity contribution in [1.82, 2.24) is 5.32 Å². The van der Waals surface area contributed by atoms with Crippen molar-refractivity contribution in [2.24, 2.45) is 11.8 Å². The number of benzene rings is 1. The molecule has 0 aliphatic heterocycles. The predicted octanol–water partition coefficient (Wildman–Crippen LogP) is 3.24. The van der Waals surface area contributed by atoms with Gasteiger partial charge in [-0.2, -0.15) is 0 Å². The summed E-state index contributed by atoms with van der Waals surface area (Å²) in [6.07, 6.45) is 4.67. The number of amides is 1. The van der Waals surface area contributed by atoms with E-state index in [9.17, 15) is 14.7 Å². The van der Waals surface area contributed by atoms with Gasteiger partial charge in [-0.25, -0.2) is 0 Å². The first kappa shape index (κ1) is 15.1. The molecular formula is C18H23NO3. The fraction of sp³-hybridized carbons (Fsp3) is 0.556. The number of carbonyl (C=O) groups excluding carboxylic acids is 1. The van der Waals surface area contributed by atoms with Gasteiger partial charge in [-0.3, -0.25) is 9.59 Å². The summed E-state index contributed by atoms with van der Waals surface area (Å²) in [7, 11) is 0. The summed E-state index contributed by atoms with van der Waals surface area (Å²) in [5.41, 5.74) is 1.81. The number of nitrogens with one attached hydrogen (secondary N) is 1. The maximum absolute atomic E-state index is 12.5. The molecule has 0 bridgehead atoms. The highest BCUT2D eigenvalue weighted by atomic mass is 16.4. The molecule has 3 rings (SSSR count). The average molecular weight is 301 g/mol. The Labute approximate surface area is 130 Å². The Bertz CT molecular complexity index is 583. The molecule has 2 aliphatic carbocycles. The van der Waals surface area contributed by atoms with E-state index in [1.54, 1.807) is 0 Å². The van der Waals surface area contributed by atoms with E-state index in [0.717, 1.165) is 30.4 Å². The Morgan fingerprint density at radius 2 is 1.86 bits per heavy atom. The molecule has 1 fully saturated rings. The number of carbonyl (C=O) groups is 2. The SMILES string of the molecule is CC1CCCC(C(=O)NC2CC(C(=O)O)c3ccccc32)C1. The van der Waals surface area contributed by atoms with Crippen LogP contribution >= 0.6 is 0 Å². The van der Waals surface area contributed by atoms with Gasteiger partial charge in [0.25, 0.3) is 0 Å². The summed E-state index contributed by atoms with van der Waals surface area (Å²) in [4.78, 5) is 24.0. The van der Waals surface area contributed by atoms with Gasteiger partial charge in [0.05, 0.1) is 12.0 Å². The van der Waals surface area contributed by atoms with Crippen molar-refractivity contribution in [1.29, 1.82) is 0 Å². The molecule has 0 radical (unpaired) electrons. The van der Waals surface area contributed by atoms with E-state index in [0.29, 0.717) is 12.3 Å². The quantitative estimate of drug-likeness (QED) is 0.900. The lowest BCUT2D eigenvalue weighted by Crippen LogP contribution is -2.35. The number of hydrogen-bond donors (Lipinski definition) is 2. The van der Waals surface area contributed by atoms with Crippen LogP contribution < -0.4 is 5.32 Å². The molecule has 118 valence electrons. The van der Waals surface area contributed by atoms with Gasteiger partial charge in [0.15, 0.2) is 0 Å². The molecule has 4 unspecified atom stereocenters. The van der Waals surface area contributed by atoms with Crippen LogP contribution in [0.3, 0.4) is 0 Å². The minimum absolute atomic E-state index is 0.0831. The third-order valence-electron chi connectivity index (χ3n) is 5.14. The molecule has 4 heteroatoms. The highest BCUT2D eigenvalue weighted by Gasteiger charge is 2.37. The molecule has 0 spiro atoms. The number of aliphatic carboxylic acids is 1. The van der Waals surface area contributed by atoms with Crippen molar-refractivity contribution < 1.29 is 14.7 Å². The van der Waals surface area contributed by atoms with E-state index in [1.807, 2.05) is 24.3 Å². The van der Waals surface area contributed by atoms with Gasteiger partial charge in [0.2, 0.25) is 5.91 Å². The molecule has 1 aromatic carbocycles. The smallest absolute Gasteiger partial charge is 0.311 e. The molecule has 1 amide bonds. The van der Waals surface area contributed by atoms with Gasteiger partial charge in [-0.15, -0.1) is 0 Å². The minimum Gasteiger partial charge on any atom is -0.481 e. The number of rotatable bonds is 3. The molecule has 4 nitrogen and oxygen atoms in total. The first-order chi connectivity index (χ1) is 10.6. The summed E-state index contributed by atoms with van der Waals surface area (Å²) < 4.78 is 0. The predicted molar refractivity (Wildman–Crippen MR) is 83.4 cm³/mol. The fourth-order valence-electron chi connectivity index (χ4n) is 3.97. The van der Waals surface area contributed by atoms with Crippen LogP contribution in [0.15, 0.2) is 24.3 Å². The van der Waals surface area contributed by atoms with Crippen molar-refractivity contribution in [3.05, 3.63) is 35.4 Å². The maximum Gasteiger partial charge on any atom is 0.311 e. The van der Waals surface area contributed by atoms with Crippen molar-refractivity contribution in [3.63, 3.8) is 0 Å². The van der Waals surface area contributed by atoms with Crippen molar-refractivity contribution in [2.75, 3.05) is 0 Å². The second-order valence-corrected chi connectivity index (χ2v) is 6.79. The van der Waals surface area contributed by atoms with Gasteiger partial charge in [-0.05, 0) is 36.3 Å². The molecule has 0 heterocycles. The van der Waals surface area contributed by atoms with Crippen LogP contribution in [-0.2, 0) is 9.59 Å². The second-order valence-electron chi connectivity index (χ2n) is 6.79. The summed E-state index contributed by atoms with van der Waals surface area (Å²) in [5.74, 6) is -0.536. The number of fused-ring (bicyclic) bond motifs is 1. The zero-order valence-corrected chi connectivity index (χ0v) is 12.9. The maximum atomic E-state index is 12.5. The van der Waals surface area contributed by atoms with Gasteiger partial charge in [-0.1, -0.05) is 44.0 Å². The Balaban J connectivity index is 1.73. The summed E-state index contributed by atoms with van der Waals surface area (Å²) >= 11 is 0. The molecule has 0 saturated heterocycles. The van der Waals surface area contributed by atoms with Crippen molar-refractivity contribution in [3.8, 4) is 0 Å². The number of hydrogen-bond acceptors (Lipinski definition) is 2. The topological polar surface area (TPSA) is 66.4 Å². The fourth-order valence-corrected chi connectivity index (χ4v) is 3.97.